The van der Waals surface area contributed by atoms with Gasteiger partial charge in [0.25, 0.3) is 0 Å². The predicted molar refractivity (Wildman–Crippen MR) is 67.4 cm³/mol. The van der Waals surface area contributed by atoms with Crippen molar-refractivity contribution in [3.63, 3.8) is 0 Å². The lowest BCUT2D eigenvalue weighted by Crippen LogP contribution is -2.17. The molecule has 2 rings (SSSR count). The number of hydrogen-bond donors (Lipinski definition) is 0. The summed E-state index contributed by atoms with van der Waals surface area (Å²) in [6.07, 6.45) is -9.72. The summed E-state index contributed by atoms with van der Waals surface area (Å²) < 4.78 is 79.3. The molecule has 0 fully saturated rings. The molecule has 0 N–H and O–H groups in total. The molecule has 0 atom stereocenters. The molecular formula is C14H6ClF6O. The van der Waals surface area contributed by atoms with Crippen LogP contribution in [0.3, 0.4) is 0 Å². The number of para-hydroxylation sites is 1. The molecule has 2 aromatic rings. The highest BCUT2D eigenvalue weighted by Gasteiger charge is 2.35. The van der Waals surface area contributed by atoms with Crippen molar-refractivity contribution in [2.24, 2.45) is 0 Å². The smallest absolute Gasteiger partial charge is 0.404 e. The van der Waals surface area contributed by atoms with E-state index in [-0.39, 0.29) is 11.1 Å². The minimum atomic E-state index is -5.00. The van der Waals surface area contributed by atoms with E-state index in [0.29, 0.717) is 0 Å². The Kier molecular flexibility index (Phi) is 4.28. The maximum Gasteiger partial charge on any atom is 0.573 e. The lowest BCUT2D eigenvalue weighted by Gasteiger charge is -2.16. The van der Waals surface area contributed by atoms with E-state index >= 15 is 0 Å². The van der Waals surface area contributed by atoms with E-state index in [4.69, 9.17) is 11.6 Å². The first-order valence-electron chi connectivity index (χ1n) is 5.72. The maximum absolute atomic E-state index is 12.8. The Hall–Kier alpha value is -1.89. The molecule has 8 heteroatoms. The number of rotatable bonds is 2. The second kappa shape index (κ2) is 5.72. The van der Waals surface area contributed by atoms with E-state index in [1.165, 1.54) is 18.2 Å². The van der Waals surface area contributed by atoms with Crippen LogP contribution in [-0.2, 0) is 6.18 Å². The van der Waals surface area contributed by atoms with Crippen molar-refractivity contribution in [2.45, 2.75) is 12.5 Å². The number of ether oxygens (including phenoxy) is 1. The van der Waals surface area contributed by atoms with Gasteiger partial charge in [-0.2, -0.15) is 13.2 Å². The van der Waals surface area contributed by atoms with Gasteiger partial charge in [-0.1, -0.05) is 41.9 Å². The Balaban J connectivity index is 2.59. The molecule has 117 valence electrons. The van der Waals surface area contributed by atoms with Gasteiger partial charge in [0.05, 0.1) is 10.6 Å². The molecule has 0 aliphatic carbocycles. The van der Waals surface area contributed by atoms with E-state index in [9.17, 15) is 26.3 Å². The maximum atomic E-state index is 12.8. The third kappa shape index (κ3) is 3.65. The van der Waals surface area contributed by atoms with Crippen molar-refractivity contribution < 1.29 is 31.1 Å². The van der Waals surface area contributed by atoms with E-state index in [1.54, 1.807) is 0 Å². The molecule has 0 aromatic heterocycles. The zero-order valence-electron chi connectivity index (χ0n) is 10.5. The summed E-state index contributed by atoms with van der Waals surface area (Å²) in [6, 6.07) is 8.78. The fourth-order valence-electron chi connectivity index (χ4n) is 1.79. The first kappa shape index (κ1) is 16.5. The minimum absolute atomic E-state index is 0.229. The molecule has 0 unspecified atom stereocenters. The van der Waals surface area contributed by atoms with Crippen LogP contribution in [0, 0.1) is 6.07 Å². The van der Waals surface area contributed by atoms with Crippen molar-refractivity contribution in [1.82, 2.24) is 0 Å². The molecule has 0 spiro atoms. The number of benzene rings is 2. The first-order chi connectivity index (χ1) is 10.1. The van der Waals surface area contributed by atoms with E-state index < -0.39 is 28.9 Å². The molecule has 1 nitrogen and oxygen atoms in total. The van der Waals surface area contributed by atoms with E-state index in [0.717, 1.165) is 18.2 Å². The van der Waals surface area contributed by atoms with Gasteiger partial charge in [-0.3, -0.25) is 0 Å². The quantitative estimate of drug-likeness (QED) is 0.635. The summed E-state index contributed by atoms with van der Waals surface area (Å²) >= 11 is 5.70. The van der Waals surface area contributed by atoms with Crippen molar-refractivity contribution in [3.8, 4) is 16.9 Å². The highest BCUT2D eigenvalue weighted by Crippen LogP contribution is 2.42. The van der Waals surface area contributed by atoms with Crippen LogP contribution in [0.4, 0.5) is 26.3 Å². The first-order valence-corrected chi connectivity index (χ1v) is 6.10. The highest BCUT2D eigenvalue weighted by atomic mass is 35.5. The Morgan fingerprint density at radius 2 is 1.55 bits per heavy atom. The van der Waals surface area contributed by atoms with Crippen LogP contribution in [0.15, 0.2) is 36.4 Å². The third-order valence-electron chi connectivity index (χ3n) is 2.63. The van der Waals surface area contributed by atoms with Gasteiger partial charge in [-0.25, -0.2) is 0 Å². The normalized spacial score (nSPS) is 12.3. The second-order valence-electron chi connectivity index (χ2n) is 4.13. The topological polar surface area (TPSA) is 9.23 Å². The number of alkyl halides is 6. The predicted octanol–water partition coefficient (Wildman–Crippen LogP) is 5.72. The zero-order chi connectivity index (χ0) is 16.5. The van der Waals surface area contributed by atoms with Gasteiger partial charge in [-0.15, -0.1) is 13.2 Å². The summed E-state index contributed by atoms with van der Waals surface area (Å²) in [5.74, 6) is -0.753. The molecule has 0 saturated carbocycles. The molecule has 0 saturated heterocycles. The molecule has 2 aromatic carbocycles. The zero-order valence-corrected chi connectivity index (χ0v) is 11.3. The molecule has 0 amide bonds. The van der Waals surface area contributed by atoms with Gasteiger partial charge >= 0.3 is 12.5 Å². The molecule has 0 bridgehead atoms. The van der Waals surface area contributed by atoms with Gasteiger partial charge in [0.1, 0.15) is 5.75 Å². The Bertz CT molecular complexity index is 678. The van der Waals surface area contributed by atoms with Crippen molar-refractivity contribution >= 4 is 11.6 Å². The van der Waals surface area contributed by atoms with Gasteiger partial charge in [0, 0.05) is 17.2 Å². The van der Waals surface area contributed by atoms with Crippen LogP contribution >= 0.6 is 11.6 Å². The van der Waals surface area contributed by atoms with Gasteiger partial charge in [0.2, 0.25) is 0 Å². The summed E-state index contributed by atoms with van der Waals surface area (Å²) in [5, 5.41) is -0.707. The lowest BCUT2D eigenvalue weighted by molar-refractivity contribution is -0.274. The molecule has 0 aliphatic rings. The van der Waals surface area contributed by atoms with Crippen molar-refractivity contribution in [2.75, 3.05) is 0 Å². The third-order valence-corrected chi connectivity index (χ3v) is 3.04. The molecule has 0 aliphatic heterocycles. The summed E-state index contributed by atoms with van der Waals surface area (Å²) in [5.41, 5.74) is -1.61. The van der Waals surface area contributed by atoms with Crippen LogP contribution < -0.4 is 4.74 Å². The second-order valence-corrected chi connectivity index (χ2v) is 4.50. The Morgan fingerprint density at radius 3 is 2.14 bits per heavy atom. The van der Waals surface area contributed by atoms with Crippen molar-refractivity contribution in [1.29, 1.82) is 0 Å². The van der Waals surface area contributed by atoms with Gasteiger partial charge in [-0.05, 0) is 6.07 Å². The number of halogens is 7. The fraction of sp³-hybridized carbons (Fsp3) is 0.143. The van der Waals surface area contributed by atoms with Crippen LogP contribution in [0.1, 0.15) is 5.56 Å². The Labute approximate surface area is 126 Å². The average molecular weight is 340 g/mol. The monoisotopic (exact) mass is 339 g/mol. The van der Waals surface area contributed by atoms with E-state index in [1.807, 2.05) is 0 Å². The lowest BCUT2D eigenvalue weighted by atomic mass is 10.0. The number of hydrogen-bond acceptors (Lipinski definition) is 1. The average Bonchev–Trinajstić information content (AvgIpc) is 2.37. The minimum Gasteiger partial charge on any atom is -0.404 e. The summed E-state index contributed by atoms with van der Waals surface area (Å²) in [4.78, 5) is 0. The SMILES string of the molecule is FC(F)(F)Oc1[c]cccc1-c1cccc(C(F)(F)F)c1Cl. The van der Waals surface area contributed by atoms with Crippen LogP contribution in [0.2, 0.25) is 5.02 Å². The van der Waals surface area contributed by atoms with Crippen LogP contribution in [-0.4, -0.2) is 6.36 Å². The Morgan fingerprint density at radius 1 is 0.909 bits per heavy atom. The molecule has 22 heavy (non-hydrogen) atoms. The largest absolute Gasteiger partial charge is 0.573 e. The molecular weight excluding hydrogens is 334 g/mol. The summed E-state index contributed by atoms with van der Waals surface area (Å²) in [6.45, 7) is 0. The van der Waals surface area contributed by atoms with Gasteiger partial charge in [0.15, 0.2) is 0 Å². The van der Waals surface area contributed by atoms with Crippen LogP contribution in [0.25, 0.3) is 11.1 Å². The standard InChI is InChI=1S/C14H6ClF6O/c15-12-9(5-3-6-10(12)13(16,17)18)8-4-1-2-7-11(8)22-14(19,20)21/h1-6H. The molecule has 1 radical (unpaired) electrons. The molecule has 0 heterocycles. The summed E-state index contributed by atoms with van der Waals surface area (Å²) in [7, 11) is 0. The highest BCUT2D eigenvalue weighted by molar-refractivity contribution is 6.34. The van der Waals surface area contributed by atoms with Crippen LogP contribution in [0.5, 0.6) is 5.75 Å². The van der Waals surface area contributed by atoms with Gasteiger partial charge < -0.3 is 4.74 Å². The van der Waals surface area contributed by atoms with E-state index in [2.05, 4.69) is 10.8 Å². The fourth-order valence-corrected chi connectivity index (χ4v) is 2.13. The van der Waals surface area contributed by atoms with Crippen molar-refractivity contribution in [3.05, 3.63) is 53.1 Å².